The predicted molar refractivity (Wildman–Crippen MR) is 96.6 cm³/mol. The SMILES string of the molecule is COc1ccc(CCS(=O)(=O)Nc2cccc(C)c2C)cc1OC. The fraction of sp³-hybridized carbons (Fsp3) is 0.333. The third-order valence-electron chi connectivity index (χ3n) is 3.98. The van der Waals surface area contributed by atoms with E-state index in [9.17, 15) is 8.42 Å². The van der Waals surface area contributed by atoms with Crippen molar-refractivity contribution < 1.29 is 17.9 Å². The molecule has 0 saturated carbocycles. The van der Waals surface area contributed by atoms with E-state index in [0.717, 1.165) is 16.7 Å². The number of hydrogen-bond acceptors (Lipinski definition) is 4. The lowest BCUT2D eigenvalue weighted by Crippen LogP contribution is -2.19. The molecule has 0 saturated heterocycles. The first-order valence-corrected chi connectivity index (χ1v) is 9.29. The molecule has 1 N–H and O–H groups in total. The van der Waals surface area contributed by atoms with Gasteiger partial charge in [0, 0.05) is 0 Å². The van der Waals surface area contributed by atoms with Crippen LogP contribution in [0.15, 0.2) is 36.4 Å². The molecule has 2 aromatic rings. The van der Waals surface area contributed by atoms with E-state index < -0.39 is 10.0 Å². The van der Waals surface area contributed by atoms with Crippen LogP contribution in [0.5, 0.6) is 11.5 Å². The van der Waals surface area contributed by atoms with Crippen molar-refractivity contribution in [2.45, 2.75) is 20.3 Å². The van der Waals surface area contributed by atoms with Gasteiger partial charge in [0.05, 0.1) is 25.7 Å². The summed E-state index contributed by atoms with van der Waals surface area (Å²) >= 11 is 0. The fourth-order valence-corrected chi connectivity index (χ4v) is 3.53. The molecule has 0 amide bonds. The number of hydrogen-bond donors (Lipinski definition) is 1. The second kappa shape index (κ2) is 7.57. The molecule has 0 fully saturated rings. The van der Waals surface area contributed by atoms with Gasteiger partial charge in [-0.15, -0.1) is 0 Å². The van der Waals surface area contributed by atoms with Crippen molar-refractivity contribution >= 4 is 15.7 Å². The number of sulfonamides is 1. The molecule has 2 rings (SSSR count). The Kier molecular flexibility index (Phi) is 5.72. The Balaban J connectivity index is 2.09. The largest absolute Gasteiger partial charge is 0.493 e. The van der Waals surface area contributed by atoms with E-state index in [1.54, 1.807) is 32.4 Å². The summed E-state index contributed by atoms with van der Waals surface area (Å²) < 4.78 is 37.8. The van der Waals surface area contributed by atoms with Crippen LogP contribution in [0.25, 0.3) is 0 Å². The molecule has 0 aliphatic rings. The van der Waals surface area contributed by atoms with E-state index in [4.69, 9.17) is 9.47 Å². The molecule has 0 heterocycles. The van der Waals surface area contributed by atoms with Crippen LogP contribution in [0.2, 0.25) is 0 Å². The van der Waals surface area contributed by atoms with Gasteiger partial charge in [0.1, 0.15) is 0 Å². The van der Waals surface area contributed by atoms with Crippen LogP contribution in [0.1, 0.15) is 16.7 Å². The van der Waals surface area contributed by atoms with Crippen molar-refractivity contribution in [2.24, 2.45) is 0 Å². The monoisotopic (exact) mass is 349 g/mol. The molecule has 0 bridgehead atoms. The summed E-state index contributed by atoms with van der Waals surface area (Å²) in [4.78, 5) is 0. The Labute approximate surface area is 143 Å². The van der Waals surface area contributed by atoms with E-state index in [-0.39, 0.29) is 5.75 Å². The minimum Gasteiger partial charge on any atom is -0.493 e. The summed E-state index contributed by atoms with van der Waals surface area (Å²) in [6.07, 6.45) is 0.389. The molecular weight excluding hydrogens is 326 g/mol. The van der Waals surface area contributed by atoms with Gasteiger partial charge in [-0.1, -0.05) is 18.2 Å². The summed E-state index contributed by atoms with van der Waals surface area (Å²) in [5.74, 6) is 1.21. The number of nitrogens with one attached hydrogen (secondary N) is 1. The Hall–Kier alpha value is -2.21. The van der Waals surface area contributed by atoms with E-state index in [2.05, 4.69) is 4.72 Å². The van der Waals surface area contributed by atoms with Crippen LogP contribution in [0, 0.1) is 13.8 Å². The van der Waals surface area contributed by atoms with Crippen LogP contribution in [0.4, 0.5) is 5.69 Å². The Morgan fingerprint density at radius 1 is 1.00 bits per heavy atom. The lowest BCUT2D eigenvalue weighted by atomic mass is 10.1. The highest BCUT2D eigenvalue weighted by Crippen LogP contribution is 2.28. The molecule has 5 nitrogen and oxygen atoms in total. The summed E-state index contributed by atoms with van der Waals surface area (Å²) in [5.41, 5.74) is 3.49. The quantitative estimate of drug-likeness (QED) is 0.833. The third-order valence-corrected chi connectivity index (χ3v) is 5.25. The second-order valence-electron chi connectivity index (χ2n) is 5.61. The topological polar surface area (TPSA) is 64.6 Å². The lowest BCUT2D eigenvalue weighted by molar-refractivity contribution is 0.354. The zero-order valence-corrected chi connectivity index (χ0v) is 15.2. The van der Waals surface area contributed by atoms with E-state index in [0.29, 0.717) is 23.6 Å². The first-order chi connectivity index (χ1) is 11.4. The van der Waals surface area contributed by atoms with Gasteiger partial charge in [0.15, 0.2) is 11.5 Å². The number of methoxy groups -OCH3 is 2. The molecule has 0 radical (unpaired) electrons. The maximum absolute atomic E-state index is 12.3. The molecule has 6 heteroatoms. The molecule has 0 atom stereocenters. The van der Waals surface area contributed by atoms with Crippen molar-refractivity contribution in [3.8, 4) is 11.5 Å². The van der Waals surface area contributed by atoms with Crippen molar-refractivity contribution in [1.29, 1.82) is 0 Å². The van der Waals surface area contributed by atoms with Crippen molar-refractivity contribution in [3.05, 3.63) is 53.1 Å². The third kappa shape index (κ3) is 4.41. The maximum Gasteiger partial charge on any atom is 0.233 e. The van der Waals surface area contributed by atoms with Crippen LogP contribution in [0.3, 0.4) is 0 Å². The zero-order valence-electron chi connectivity index (χ0n) is 14.4. The fourth-order valence-electron chi connectivity index (χ4n) is 2.37. The van der Waals surface area contributed by atoms with Crippen LogP contribution in [-0.2, 0) is 16.4 Å². The average molecular weight is 349 g/mol. The van der Waals surface area contributed by atoms with E-state index >= 15 is 0 Å². The zero-order chi connectivity index (χ0) is 17.7. The Morgan fingerprint density at radius 2 is 1.71 bits per heavy atom. The van der Waals surface area contributed by atoms with Crippen LogP contribution < -0.4 is 14.2 Å². The van der Waals surface area contributed by atoms with Gasteiger partial charge in [0.2, 0.25) is 10.0 Å². The molecule has 0 unspecified atom stereocenters. The number of aryl methyl sites for hydroxylation is 2. The van der Waals surface area contributed by atoms with Gasteiger partial charge < -0.3 is 9.47 Å². The van der Waals surface area contributed by atoms with Crippen LogP contribution >= 0.6 is 0 Å². The summed E-state index contributed by atoms with van der Waals surface area (Å²) in [6, 6.07) is 11.0. The van der Waals surface area contributed by atoms with Crippen molar-refractivity contribution in [2.75, 3.05) is 24.7 Å². The van der Waals surface area contributed by atoms with Gasteiger partial charge in [0.25, 0.3) is 0 Å². The molecule has 24 heavy (non-hydrogen) atoms. The van der Waals surface area contributed by atoms with Crippen LogP contribution in [-0.4, -0.2) is 28.4 Å². The van der Waals surface area contributed by atoms with Gasteiger partial charge in [-0.05, 0) is 55.2 Å². The molecule has 0 aliphatic carbocycles. The lowest BCUT2D eigenvalue weighted by Gasteiger charge is -2.13. The second-order valence-corrected chi connectivity index (χ2v) is 7.45. The summed E-state index contributed by atoms with van der Waals surface area (Å²) in [5, 5.41) is 0. The Bertz CT molecular complexity index is 816. The number of benzene rings is 2. The summed E-state index contributed by atoms with van der Waals surface area (Å²) in [7, 11) is -0.308. The van der Waals surface area contributed by atoms with E-state index in [1.807, 2.05) is 32.0 Å². The maximum atomic E-state index is 12.3. The van der Waals surface area contributed by atoms with Gasteiger partial charge in [-0.3, -0.25) is 4.72 Å². The number of ether oxygens (including phenoxy) is 2. The van der Waals surface area contributed by atoms with E-state index in [1.165, 1.54) is 0 Å². The smallest absolute Gasteiger partial charge is 0.233 e. The molecule has 2 aromatic carbocycles. The number of anilines is 1. The number of rotatable bonds is 7. The van der Waals surface area contributed by atoms with Gasteiger partial charge in [-0.25, -0.2) is 8.42 Å². The van der Waals surface area contributed by atoms with Crippen molar-refractivity contribution in [1.82, 2.24) is 0 Å². The first kappa shape index (κ1) is 18.1. The molecular formula is C18H23NO4S. The van der Waals surface area contributed by atoms with Gasteiger partial charge >= 0.3 is 0 Å². The summed E-state index contributed by atoms with van der Waals surface area (Å²) in [6.45, 7) is 3.86. The highest BCUT2D eigenvalue weighted by atomic mass is 32.2. The normalized spacial score (nSPS) is 11.2. The molecule has 0 aromatic heterocycles. The average Bonchev–Trinajstić information content (AvgIpc) is 2.56. The molecule has 130 valence electrons. The molecule has 0 aliphatic heterocycles. The molecule has 0 spiro atoms. The van der Waals surface area contributed by atoms with Crippen molar-refractivity contribution in [3.63, 3.8) is 0 Å². The highest BCUT2D eigenvalue weighted by Gasteiger charge is 2.14. The first-order valence-electron chi connectivity index (χ1n) is 7.64. The Morgan fingerprint density at radius 3 is 2.38 bits per heavy atom. The minimum atomic E-state index is -3.43. The minimum absolute atomic E-state index is 0.00410. The predicted octanol–water partition coefficient (Wildman–Crippen LogP) is 3.31. The van der Waals surface area contributed by atoms with Gasteiger partial charge in [-0.2, -0.15) is 0 Å². The standard InChI is InChI=1S/C18H23NO4S/c1-13-6-5-7-16(14(13)2)19-24(20,21)11-10-15-8-9-17(22-3)18(12-15)23-4/h5-9,12,19H,10-11H2,1-4H3. The highest BCUT2D eigenvalue weighted by molar-refractivity contribution is 7.92.